The summed E-state index contributed by atoms with van der Waals surface area (Å²) < 4.78 is 31.7. The van der Waals surface area contributed by atoms with Gasteiger partial charge in [0.1, 0.15) is 0 Å². The molecular formula is C24H28N2O4S2. The van der Waals surface area contributed by atoms with Crippen molar-refractivity contribution in [2.75, 3.05) is 18.1 Å². The van der Waals surface area contributed by atoms with E-state index < -0.39 is 15.1 Å². The second kappa shape index (κ2) is 8.92. The van der Waals surface area contributed by atoms with Gasteiger partial charge < -0.3 is 4.74 Å². The van der Waals surface area contributed by atoms with Crippen molar-refractivity contribution in [3.8, 4) is 0 Å². The summed E-state index contributed by atoms with van der Waals surface area (Å²) in [6, 6.07) is 10.3. The van der Waals surface area contributed by atoms with Crippen LogP contribution in [-0.4, -0.2) is 43.8 Å². The molecule has 1 amide bonds. The van der Waals surface area contributed by atoms with Crippen LogP contribution >= 0.6 is 11.3 Å². The molecule has 0 N–H and O–H groups in total. The van der Waals surface area contributed by atoms with Crippen LogP contribution in [-0.2, 0) is 14.6 Å². The molecule has 2 heterocycles. The van der Waals surface area contributed by atoms with Crippen molar-refractivity contribution >= 4 is 42.4 Å². The maximum Gasteiger partial charge on any atom is 0.260 e. The minimum atomic E-state index is -3.39. The van der Waals surface area contributed by atoms with Gasteiger partial charge in [-0.2, -0.15) is 0 Å². The van der Waals surface area contributed by atoms with Gasteiger partial charge in [0.15, 0.2) is 15.0 Å². The topological polar surface area (TPSA) is 76.6 Å². The van der Waals surface area contributed by atoms with Crippen LogP contribution in [0.5, 0.6) is 0 Å². The number of carbonyl (C=O) groups is 1. The average molecular weight is 473 g/mol. The van der Waals surface area contributed by atoms with Crippen molar-refractivity contribution in [2.45, 2.75) is 56.8 Å². The summed E-state index contributed by atoms with van der Waals surface area (Å²) in [4.78, 5) is 20.2. The van der Waals surface area contributed by atoms with E-state index in [1.54, 1.807) is 30.9 Å². The third kappa shape index (κ3) is 4.44. The second-order valence-corrected chi connectivity index (χ2v) is 12.1. The molecule has 0 bridgehead atoms. The van der Waals surface area contributed by atoms with E-state index in [-0.39, 0.29) is 16.9 Å². The molecule has 6 nitrogen and oxygen atoms in total. The molecule has 1 aliphatic heterocycles. The Morgan fingerprint density at radius 3 is 2.56 bits per heavy atom. The predicted octanol–water partition coefficient (Wildman–Crippen LogP) is 4.92. The lowest BCUT2D eigenvalue weighted by atomic mass is 10.1. The molecule has 0 saturated carbocycles. The molecule has 32 heavy (non-hydrogen) atoms. The number of carbonyl (C=O) groups excluding carboxylic acids is 1. The van der Waals surface area contributed by atoms with Crippen molar-refractivity contribution in [3.63, 3.8) is 0 Å². The summed E-state index contributed by atoms with van der Waals surface area (Å²) in [5.41, 5.74) is 3.58. The molecular weight excluding hydrogens is 444 g/mol. The summed E-state index contributed by atoms with van der Waals surface area (Å²) in [6.07, 6.45) is 1.85. The average Bonchev–Trinajstić information content (AvgIpc) is 3.41. The third-order valence-electron chi connectivity index (χ3n) is 5.75. The molecule has 0 unspecified atom stereocenters. The van der Waals surface area contributed by atoms with Gasteiger partial charge >= 0.3 is 0 Å². The normalized spacial score (nSPS) is 16.7. The second-order valence-electron chi connectivity index (χ2n) is 8.60. The lowest BCUT2D eigenvalue weighted by molar-refractivity contribution is 0.0917. The molecule has 1 fully saturated rings. The number of aromatic nitrogens is 1. The fourth-order valence-electron chi connectivity index (χ4n) is 3.94. The zero-order valence-corrected chi connectivity index (χ0v) is 20.4. The van der Waals surface area contributed by atoms with Crippen LogP contribution in [0.25, 0.3) is 10.2 Å². The van der Waals surface area contributed by atoms with Crippen molar-refractivity contribution in [3.05, 3.63) is 53.1 Å². The van der Waals surface area contributed by atoms with Crippen LogP contribution in [0.4, 0.5) is 5.13 Å². The number of hydrogen-bond acceptors (Lipinski definition) is 6. The van der Waals surface area contributed by atoms with Gasteiger partial charge in [-0.1, -0.05) is 17.4 Å². The number of sulfone groups is 1. The minimum absolute atomic E-state index is 0.0330. The largest absolute Gasteiger partial charge is 0.376 e. The zero-order chi connectivity index (χ0) is 23.0. The van der Waals surface area contributed by atoms with Gasteiger partial charge in [0.05, 0.1) is 33.0 Å². The summed E-state index contributed by atoms with van der Waals surface area (Å²) in [7, 11) is -3.39. The molecule has 3 aromatic rings. The van der Waals surface area contributed by atoms with Crippen molar-refractivity contribution in [1.82, 2.24) is 4.98 Å². The summed E-state index contributed by atoms with van der Waals surface area (Å²) >= 11 is 1.50. The Kier molecular flexibility index (Phi) is 6.38. The number of benzene rings is 2. The SMILES string of the molecule is Cc1cc(C)c2sc(N(C[C@H]3CCCO3)C(=O)c3ccc(S(=O)(=O)C(C)C)cc3)nc2c1. The molecule has 8 heteroatoms. The number of aryl methyl sites for hydroxylation is 2. The fraction of sp³-hybridized carbons (Fsp3) is 0.417. The van der Waals surface area contributed by atoms with Crippen LogP contribution < -0.4 is 4.90 Å². The summed E-state index contributed by atoms with van der Waals surface area (Å²) in [5, 5.41) is 0.114. The first kappa shape index (κ1) is 22.9. The van der Waals surface area contributed by atoms with Crippen LogP contribution in [0.1, 0.15) is 48.2 Å². The molecule has 1 aliphatic rings. The van der Waals surface area contributed by atoms with E-state index in [1.165, 1.54) is 23.5 Å². The van der Waals surface area contributed by atoms with Gasteiger partial charge in [0.25, 0.3) is 5.91 Å². The van der Waals surface area contributed by atoms with Crippen LogP contribution in [0, 0.1) is 13.8 Å². The van der Waals surface area contributed by atoms with E-state index in [4.69, 9.17) is 9.72 Å². The van der Waals surface area contributed by atoms with E-state index >= 15 is 0 Å². The van der Waals surface area contributed by atoms with Crippen LogP contribution in [0.15, 0.2) is 41.3 Å². The van der Waals surface area contributed by atoms with E-state index in [2.05, 4.69) is 13.0 Å². The summed E-state index contributed by atoms with van der Waals surface area (Å²) in [5.74, 6) is -0.206. The van der Waals surface area contributed by atoms with Crippen LogP contribution in [0.2, 0.25) is 0 Å². The van der Waals surface area contributed by atoms with Gasteiger partial charge in [0.2, 0.25) is 0 Å². The Labute approximate surface area is 193 Å². The monoisotopic (exact) mass is 472 g/mol. The maximum absolute atomic E-state index is 13.5. The molecule has 2 aromatic carbocycles. The van der Waals surface area contributed by atoms with E-state index in [9.17, 15) is 13.2 Å². The van der Waals surface area contributed by atoms with Gasteiger partial charge in [0, 0.05) is 12.2 Å². The highest BCUT2D eigenvalue weighted by Gasteiger charge is 2.28. The lowest BCUT2D eigenvalue weighted by Crippen LogP contribution is -2.37. The third-order valence-corrected chi connectivity index (χ3v) is 9.15. The summed E-state index contributed by atoms with van der Waals surface area (Å²) in [6.45, 7) is 8.50. The van der Waals surface area contributed by atoms with E-state index in [1.807, 2.05) is 13.0 Å². The molecule has 0 aliphatic carbocycles. The van der Waals surface area contributed by atoms with Crippen LogP contribution in [0.3, 0.4) is 0 Å². The van der Waals surface area contributed by atoms with Gasteiger partial charge in [-0.15, -0.1) is 0 Å². The highest BCUT2D eigenvalue weighted by molar-refractivity contribution is 7.92. The lowest BCUT2D eigenvalue weighted by Gasteiger charge is -2.23. The van der Waals surface area contributed by atoms with Gasteiger partial charge in [-0.3, -0.25) is 9.69 Å². The number of thiazole rings is 1. The molecule has 0 spiro atoms. The Morgan fingerprint density at radius 2 is 1.94 bits per heavy atom. The number of nitrogens with zero attached hydrogens (tertiary/aromatic N) is 2. The highest BCUT2D eigenvalue weighted by atomic mass is 32.2. The zero-order valence-electron chi connectivity index (χ0n) is 18.8. The Bertz CT molecular complexity index is 1240. The Morgan fingerprint density at radius 1 is 1.22 bits per heavy atom. The number of rotatable bonds is 6. The first-order chi connectivity index (χ1) is 15.2. The van der Waals surface area contributed by atoms with Crippen molar-refractivity contribution < 1.29 is 17.9 Å². The predicted molar refractivity (Wildman–Crippen MR) is 129 cm³/mol. The Hall–Kier alpha value is -2.29. The molecule has 0 radical (unpaired) electrons. The number of anilines is 1. The molecule has 170 valence electrons. The first-order valence-corrected chi connectivity index (χ1v) is 13.2. The van der Waals surface area contributed by atoms with Gasteiger partial charge in [-0.05, 0) is 82.0 Å². The maximum atomic E-state index is 13.5. The molecule has 4 rings (SSSR count). The molecule has 1 atom stereocenters. The highest BCUT2D eigenvalue weighted by Crippen LogP contribution is 2.33. The molecule has 1 aromatic heterocycles. The fourth-order valence-corrected chi connectivity index (χ4v) is 6.02. The number of hydrogen-bond donors (Lipinski definition) is 0. The van der Waals surface area contributed by atoms with E-state index in [0.717, 1.165) is 34.2 Å². The Balaban J connectivity index is 1.70. The number of fused-ring (bicyclic) bond motifs is 1. The van der Waals surface area contributed by atoms with Gasteiger partial charge in [-0.25, -0.2) is 13.4 Å². The standard InChI is InChI=1S/C24H28N2O4S2/c1-15(2)32(28,29)20-9-7-18(8-10-20)23(27)26(14-19-6-5-11-30-19)24-25-21-13-16(3)12-17(4)22(21)31-24/h7-10,12-13,15,19H,5-6,11,14H2,1-4H3/t19-/m1/s1. The smallest absolute Gasteiger partial charge is 0.260 e. The number of ether oxygens (including phenoxy) is 1. The molecule has 1 saturated heterocycles. The van der Waals surface area contributed by atoms with Crippen molar-refractivity contribution in [1.29, 1.82) is 0 Å². The quantitative estimate of drug-likeness (QED) is 0.509. The number of amides is 1. The minimum Gasteiger partial charge on any atom is -0.376 e. The first-order valence-electron chi connectivity index (χ1n) is 10.8. The van der Waals surface area contributed by atoms with Crippen molar-refractivity contribution in [2.24, 2.45) is 0 Å². The van der Waals surface area contributed by atoms with E-state index in [0.29, 0.717) is 23.8 Å².